The van der Waals surface area contributed by atoms with E-state index in [4.69, 9.17) is 24.1 Å². The van der Waals surface area contributed by atoms with Gasteiger partial charge in [-0.25, -0.2) is 9.78 Å². The molecule has 0 aliphatic carbocycles. The molecular weight excluding hydrogens is 437 g/mol. The van der Waals surface area contributed by atoms with Crippen LogP contribution in [0.1, 0.15) is 23.5 Å². The van der Waals surface area contributed by atoms with Crippen LogP contribution in [0, 0.1) is 24.2 Å². The van der Waals surface area contributed by atoms with Crippen LogP contribution in [0.25, 0.3) is 0 Å². The average Bonchev–Trinajstić information content (AvgIpc) is 3.36. The maximum Gasteiger partial charge on any atom is 0.490 e. The molecule has 3 fully saturated rings. The van der Waals surface area contributed by atoms with Gasteiger partial charge in [0.05, 0.1) is 37.1 Å². The van der Waals surface area contributed by atoms with Gasteiger partial charge in [-0.05, 0) is 25.7 Å². The highest BCUT2D eigenvalue weighted by Crippen LogP contribution is 2.42. The molecule has 1 aromatic rings. The van der Waals surface area contributed by atoms with Crippen LogP contribution >= 0.6 is 11.3 Å². The molecule has 0 unspecified atom stereocenters. The molecule has 1 aromatic heterocycles. The number of aryl methyl sites for hydroxylation is 1. The lowest BCUT2D eigenvalue weighted by Crippen LogP contribution is -2.37. The number of carboxylic acids is 1. The van der Waals surface area contributed by atoms with Crippen LogP contribution in [0.4, 0.5) is 13.2 Å². The number of carbonyl (C=O) groups is 1. The van der Waals surface area contributed by atoms with Crippen molar-refractivity contribution in [2.24, 2.45) is 17.3 Å². The quantitative estimate of drug-likeness (QED) is 0.690. The topological polar surface area (TPSA) is 81.1 Å². The van der Waals surface area contributed by atoms with E-state index in [2.05, 4.69) is 15.3 Å². The van der Waals surface area contributed by atoms with Crippen LogP contribution in [0.5, 0.6) is 0 Å². The molecule has 3 aliphatic rings. The summed E-state index contributed by atoms with van der Waals surface area (Å²) in [5.41, 5.74) is 1.25. The highest BCUT2D eigenvalue weighted by Gasteiger charge is 2.51. The number of thiazole rings is 1. The molecule has 0 aromatic carbocycles. The zero-order valence-electron chi connectivity index (χ0n) is 17.5. The van der Waals surface area contributed by atoms with Crippen molar-refractivity contribution in [3.05, 3.63) is 16.1 Å². The molecule has 0 saturated carbocycles. The van der Waals surface area contributed by atoms with Gasteiger partial charge >= 0.3 is 12.1 Å². The molecule has 0 radical (unpaired) electrons. The number of hydrogen-bond donors (Lipinski definition) is 1. The third-order valence-corrected chi connectivity index (χ3v) is 6.82. The lowest BCUT2D eigenvalue weighted by molar-refractivity contribution is -0.192. The van der Waals surface area contributed by atoms with Crippen molar-refractivity contribution >= 4 is 17.3 Å². The molecule has 0 bridgehead atoms. The van der Waals surface area contributed by atoms with Gasteiger partial charge in [0.2, 0.25) is 0 Å². The second-order valence-electron chi connectivity index (χ2n) is 8.48. The third-order valence-electron chi connectivity index (χ3n) is 6.00. The van der Waals surface area contributed by atoms with Crippen LogP contribution in [-0.2, 0) is 25.6 Å². The van der Waals surface area contributed by atoms with Crippen LogP contribution in [0.15, 0.2) is 5.38 Å². The Morgan fingerprint density at radius 1 is 1.39 bits per heavy atom. The Morgan fingerprint density at radius 2 is 2.10 bits per heavy atom. The molecule has 7 nitrogen and oxygen atoms in total. The first-order valence-corrected chi connectivity index (χ1v) is 11.2. The fourth-order valence-electron chi connectivity index (χ4n) is 4.41. The Balaban J connectivity index is 0.000000339. The van der Waals surface area contributed by atoms with Crippen molar-refractivity contribution in [3.8, 4) is 0 Å². The number of hydrogen-bond acceptors (Lipinski definition) is 7. The van der Waals surface area contributed by atoms with E-state index in [9.17, 15) is 13.2 Å². The summed E-state index contributed by atoms with van der Waals surface area (Å²) < 4.78 is 49.1. The molecule has 1 N–H and O–H groups in total. The number of nitrogens with zero attached hydrogens (tertiary/aromatic N) is 2. The fourth-order valence-corrected chi connectivity index (χ4v) is 5.01. The molecule has 0 amide bonds. The molecule has 3 aliphatic heterocycles. The van der Waals surface area contributed by atoms with Gasteiger partial charge in [0.25, 0.3) is 0 Å². The molecule has 11 heteroatoms. The van der Waals surface area contributed by atoms with Crippen molar-refractivity contribution in [2.75, 3.05) is 52.7 Å². The van der Waals surface area contributed by atoms with Gasteiger partial charge < -0.3 is 24.2 Å². The SMILES string of the molecule is Cc1nc(COC[C@]23COC[C@H]2CN(CC2CCOCC2)C3)cs1.O=C(O)C(F)(F)F. The molecule has 31 heavy (non-hydrogen) atoms. The third kappa shape index (κ3) is 6.85. The van der Waals surface area contributed by atoms with E-state index in [1.165, 1.54) is 19.4 Å². The monoisotopic (exact) mass is 466 g/mol. The molecule has 0 spiro atoms. The minimum absolute atomic E-state index is 0.191. The Bertz CT molecular complexity index is 726. The minimum atomic E-state index is -5.08. The molecule has 4 heterocycles. The zero-order chi connectivity index (χ0) is 22.5. The van der Waals surface area contributed by atoms with Gasteiger partial charge in [-0.1, -0.05) is 0 Å². The van der Waals surface area contributed by atoms with E-state index in [1.54, 1.807) is 11.3 Å². The Labute approximate surface area is 183 Å². The molecular formula is C20H29F3N2O5S. The summed E-state index contributed by atoms with van der Waals surface area (Å²) in [7, 11) is 0. The lowest BCUT2D eigenvalue weighted by atomic mass is 9.82. The summed E-state index contributed by atoms with van der Waals surface area (Å²) in [5.74, 6) is -1.34. The fraction of sp³-hybridized carbons (Fsp3) is 0.800. The van der Waals surface area contributed by atoms with Gasteiger partial charge in [-0.2, -0.15) is 13.2 Å². The first-order valence-electron chi connectivity index (χ1n) is 10.3. The number of aliphatic carboxylic acids is 1. The van der Waals surface area contributed by atoms with Gasteiger partial charge in [0.1, 0.15) is 0 Å². The van der Waals surface area contributed by atoms with E-state index < -0.39 is 12.1 Å². The number of likely N-dealkylation sites (tertiary alicyclic amines) is 1. The van der Waals surface area contributed by atoms with Crippen molar-refractivity contribution in [2.45, 2.75) is 32.5 Å². The van der Waals surface area contributed by atoms with E-state index in [-0.39, 0.29) is 5.41 Å². The second-order valence-corrected chi connectivity index (χ2v) is 9.54. The molecule has 4 rings (SSSR count). The van der Waals surface area contributed by atoms with E-state index in [0.717, 1.165) is 62.7 Å². The van der Waals surface area contributed by atoms with Crippen molar-refractivity contribution in [1.82, 2.24) is 9.88 Å². The number of aromatic nitrogens is 1. The Kier molecular flexibility index (Phi) is 8.31. The van der Waals surface area contributed by atoms with E-state index >= 15 is 0 Å². The molecule has 3 saturated heterocycles. The van der Waals surface area contributed by atoms with Crippen LogP contribution in [0.2, 0.25) is 0 Å². The lowest BCUT2D eigenvalue weighted by Gasteiger charge is -2.29. The normalized spacial score (nSPS) is 27.0. The van der Waals surface area contributed by atoms with Gasteiger partial charge in [-0.3, -0.25) is 0 Å². The summed E-state index contributed by atoms with van der Waals surface area (Å²) in [6.45, 7) is 10.6. The summed E-state index contributed by atoms with van der Waals surface area (Å²) in [5, 5.41) is 10.3. The maximum atomic E-state index is 10.6. The van der Waals surface area contributed by atoms with Gasteiger partial charge in [0, 0.05) is 49.6 Å². The van der Waals surface area contributed by atoms with Gasteiger partial charge in [-0.15, -0.1) is 11.3 Å². The number of halogens is 3. The summed E-state index contributed by atoms with van der Waals surface area (Å²) in [6, 6.07) is 0. The number of rotatable bonds is 6. The average molecular weight is 467 g/mol. The van der Waals surface area contributed by atoms with E-state index in [1.807, 2.05) is 6.92 Å². The Hall–Kier alpha value is -1.27. The predicted molar refractivity (Wildman–Crippen MR) is 107 cm³/mol. The molecule has 2 atom stereocenters. The standard InChI is InChI=1S/C18H28N2O3S.C2HF3O2/c1-14-19-17(10-24-14)9-23-13-18-11-20(7-16(18)8-22-12-18)6-15-2-4-21-5-3-15;3-2(4,5)1(6)7/h10,15-16H,2-9,11-13H2,1H3;(H,6,7)/t16-,18+;/m1./s1. The predicted octanol–water partition coefficient (Wildman–Crippen LogP) is 2.98. The number of carboxylic acid groups (broad SMARTS) is 1. The first-order chi connectivity index (χ1) is 14.7. The van der Waals surface area contributed by atoms with Gasteiger partial charge in [0.15, 0.2) is 0 Å². The smallest absolute Gasteiger partial charge is 0.475 e. The number of alkyl halides is 3. The highest BCUT2D eigenvalue weighted by molar-refractivity contribution is 7.09. The van der Waals surface area contributed by atoms with Crippen molar-refractivity contribution in [1.29, 1.82) is 0 Å². The maximum absolute atomic E-state index is 10.6. The number of fused-ring (bicyclic) bond motifs is 1. The van der Waals surface area contributed by atoms with Crippen LogP contribution < -0.4 is 0 Å². The highest BCUT2D eigenvalue weighted by atomic mass is 32.1. The summed E-state index contributed by atoms with van der Waals surface area (Å²) in [6.07, 6.45) is -2.66. The number of ether oxygens (including phenoxy) is 3. The van der Waals surface area contributed by atoms with Crippen molar-refractivity contribution < 1.29 is 37.3 Å². The van der Waals surface area contributed by atoms with Crippen LogP contribution in [-0.4, -0.2) is 79.8 Å². The molecule has 176 valence electrons. The zero-order valence-corrected chi connectivity index (χ0v) is 18.3. The minimum Gasteiger partial charge on any atom is -0.475 e. The summed E-state index contributed by atoms with van der Waals surface area (Å²) >= 11 is 1.69. The van der Waals surface area contributed by atoms with Crippen molar-refractivity contribution in [3.63, 3.8) is 0 Å². The first kappa shape index (κ1) is 24.4. The largest absolute Gasteiger partial charge is 0.490 e. The Morgan fingerprint density at radius 3 is 2.71 bits per heavy atom. The second kappa shape index (κ2) is 10.6. The summed E-state index contributed by atoms with van der Waals surface area (Å²) in [4.78, 5) is 16.0. The van der Waals surface area contributed by atoms with Crippen LogP contribution in [0.3, 0.4) is 0 Å². The van der Waals surface area contributed by atoms with E-state index in [0.29, 0.717) is 12.5 Å².